The lowest BCUT2D eigenvalue weighted by molar-refractivity contribution is -0.237. The van der Waals surface area contributed by atoms with Gasteiger partial charge in [0.25, 0.3) is 0 Å². The number of para-hydroxylation sites is 1. The number of nitrogens with one attached hydrogen (secondary N) is 1. The van der Waals surface area contributed by atoms with E-state index in [1.807, 2.05) is 18.2 Å². The van der Waals surface area contributed by atoms with Gasteiger partial charge >= 0.3 is 0 Å². The van der Waals surface area contributed by atoms with Crippen molar-refractivity contribution in [3.63, 3.8) is 0 Å². The second-order valence-corrected chi connectivity index (χ2v) is 7.10. The molecular weight excluding hydrogens is 344 g/mol. The Morgan fingerprint density at radius 1 is 1.33 bits per heavy atom. The number of carbonyl (C=O) groups is 1. The van der Waals surface area contributed by atoms with Crippen LogP contribution in [0.4, 0.5) is 0 Å². The first-order valence-electron chi connectivity index (χ1n) is 8.80. The molecule has 2 aromatic heterocycles. The second-order valence-electron chi connectivity index (χ2n) is 7.10. The van der Waals surface area contributed by atoms with Gasteiger partial charge in [-0.15, -0.1) is 10.2 Å². The lowest BCUT2D eigenvalue weighted by Crippen LogP contribution is -2.73. The van der Waals surface area contributed by atoms with Crippen LogP contribution in [0.2, 0.25) is 0 Å². The fourth-order valence-electron chi connectivity index (χ4n) is 3.94. The van der Waals surface area contributed by atoms with Gasteiger partial charge in [-0.3, -0.25) is 4.79 Å². The highest BCUT2D eigenvalue weighted by molar-refractivity contribution is 5.88. The van der Waals surface area contributed by atoms with Gasteiger partial charge in [-0.05, 0) is 30.3 Å². The number of aromatic nitrogens is 3. The summed E-state index contributed by atoms with van der Waals surface area (Å²) in [6, 6.07) is 11.0. The summed E-state index contributed by atoms with van der Waals surface area (Å²) < 4.78 is 5.83. The Morgan fingerprint density at radius 3 is 2.85 bits per heavy atom. The number of hydrogen-bond donors (Lipinski definition) is 2. The third-order valence-corrected chi connectivity index (χ3v) is 5.53. The Morgan fingerprint density at radius 2 is 2.15 bits per heavy atom. The summed E-state index contributed by atoms with van der Waals surface area (Å²) in [4.78, 5) is 16.8. The first kappa shape index (κ1) is 16.0. The van der Waals surface area contributed by atoms with Gasteiger partial charge < -0.3 is 19.7 Å². The van der Waals surface area contributed by atoms with Crippen molar-refractivity contribution in [2.75, 3.05) is 19.7 Å². The molecule has 0 bridgehead atoms. The van der Waals surface area contributed by atoms with E-state index in [0.717, 1.165) is 11.1 Å². The first-order valence-corrected chi connectivity index (χ1v) is 8.80. The Hall–Kier alpha value is -3.19. The summed E-state index contributed by atoms with van der Waals surface area (Å²) in [5.74, 6) is 0.300. The number of carbonyl (C=O) groups excluding carboxylic acids is 1. The number of ether oxygens (including phenoxy) is 1. The number of aromatic hydroxyl groups is 1. The molecule has 0 aliphatic carbocycles. The number of H-pyrrole nitrogens is 1. The smallest absolute Gasteiger partial charge is 0.246 e. The number of likely N-dealkylation sites (tertiary alicyclic amines) is 1. The maximum atomic E-state index is 11.7. The van der Waals surface area contributed by atoms with Gasteiger partial charge in [0, 0.05) is 16.6 Å². The Labute approximate surface area is 155 Å². The van der Waals surface area contributed by atoms with Crippen LogP contribution in [0.5, 0.6) is 5.75 Å². The summed E-state index contributed by atoms with van der Waals surface area (Å²) >= 11 is 0. The van der Waals surface area contributed by atoms with E-state index in [-0.39, 0.29) is 23.2 Å². The van der Waals surface area contributed by atoms with Crippen molar-refractivity contribution >= 4 is 16.9 Å². The number of aromatic amines is 1. The van der Waals surface area contributed by atoms with Crippen molar-refractivity contribution in [1.82, 2.24) is 20.1 Å². The maximum absolute atomic E-state index is 11.7. The van der Waals surface area contributed by atoms with Crippen LogP contribution >= 0.6 is 0 Å². The van der Waals surface area contributed by atoms with E-state index in [0.29, 0.717) is 36.6 Å². The number of rotatable bonds is 3. The van der Waals surface area contributed by atoms with Crippen LogP contribution in [0.3, 0.4) is 0 Å². The van der Waals surface area contributed by atoms with Crippen LogP contribution in [0, 0.1) is 0 Å². The SMILES string of the molecule is C=CC(=O)N1CC2(C1)OCC2c1cc2cc(-c3ccccc3O)nnc2[nH]1. The fraction of sp³-hybridized carbons (Fsp3) is 0.250. The molecule has 2 N–H and O–H groups in total. The number of hydrogen-bond acceptors (Lipinski definition) is 5. The van der Waals surface area contributed by atoms with Crippen molar-refractivity contribution in [3.05, 3.63) is 54.7 Å². The molecule has 4 heterocycles. The van der Waals surface area contributed by atoms with Crippen molar-refractivity contribution in [1.29, 1.82) is 0 Å². The summed E-state index contributed by atoms with van der Waals surface area (Å²) in [5.41, 5.74) is 2.69. The zero-order valence-electron chi connectivity index (χ0n) is 14.6. The molecule has 5 rings (SSSR count). The number of benzene rings is 1. The average molecular weight is 362 g/mol. The molecule has 1 unspecified atom stereocenters. The minimum atomic E-state index is -0.312. The topological polar surface area (TPSA) is 91.3 Å². The normalized spacial score (nSPS) is 20.3. The van der Waals surface area contributed by atoms with Crippen LogP contribution in [0.25, 0.3) is 22.3 Å². The van der Waals surface area contributed by atoms with Gasteiger partial charge in [-0.1, -0.05) is 18.7 Å². The molecule has 2 fully saturated rings. The van der Waals surface area contributed by atoms with Crippen LogP contribution in [-0.2, 0) is 9.53 Å². The number of phenolic OH excluding ortho intramolecular Hbond substituents is 1. The molecule has 7 nitrogen and oxygen atoms in total. The van der Waals surface area contributed by atoms with E-state index >= 15 is 0 Å². The second kappa shape index (κ2) is 5.65. The fourth-order valence-corrected chi connectivity index (χ4v) is 3.94. The Kier molecular flexibility index (Phi) is 3.35. The molecule has 3 aromatic rings. The quantitative estimate of drug-likeness (QED) is 0.697. The van der Waals surface area contributed by atoms with Crippen molar-refractivity contribution in [3.8, 4) is 17.0 Å². The molecule has 136 valence electrons. The molecule has 2 aliphatic rings. The van der Waals surface area contributed by atoms with Gasteiger partial charge in [0.2, 0.25) is 5.91 Å². The summed E-state index contributed by atoms with van der Waals surface area (Å²) in [5, 5.41) is 19.5. The summed E-state index contributed by atoms with van der Waals surface area (Å²) in [7, 11) is 0. The van der Waals surface area contributed by atoms with Gasteiger partial charge in [0.1, 0.15) is 11.4 Å². The molecule has 0 radical (unpaired) electrons. The van der Waals surface area contributed by atoms with E-state index in [4.69, 9.17) is 4.74 Å². The third-order valence-electron chi connectivity index (χ3n) is 5.53. The van der Waals surface area contributed by atoms with Gasteiger partial charge in [-0.2, -0.15) is 0 Å². The first-order chi connectivity index (χ1) is 13.1. The predicted octanol–water partition coefficient (Wildman–Crippen LogP) is 2.21. The molecule has 7 heteroatoms. The summed E-state index contributed by atoms with van der Waals surface area (Å²) in [6.07, 6.45) is 1.33. The third kappa shape index (κ3) is 2.35. The highest BCUT2D eigenvalue weighted by Gasteiger charge is 2.58. The van der Waals surface area contributed by atoms with Crippen molar-refractivity contribution in [2.24, 2.45) is 0 Å². The Bertz CT molecular complexity index is 1070. The van der Waals surface area contributed by atoms with Gasteiger partial charge in [0.15, 0.2) is 5.65 Å². The number of fused-ring (bicyclic) bond motifs is 1. The van der Waals surface area contributed by atoms with Crippen molar-refractivity contribution < 1.29 is 14.6 Å². The molecular formula is C20H18N4O3. The van der Waals surface area contributed by atoms with E-state index in [1.165, 1.54) is 6.08 Å². The van der Waals surface area contributed by atoms with Crippen LogP contribution < -0.4 is 0 Å². The van der Waals surface area contributed by atoms with E-state index in [1.54, 1.807) is 17.0 Å². The zero-order chi connectivity index (χ0) is 18.6. The molecule has 2 saturated heterocycles. The monoisotopic (exact) mass is 362 g/mol. The standard InChI is InChI=1S/C20H18N4O3/c1-2-18(26)24-10-20(11-24)14(9-27-20)16-8-12-7-15(22-23-19(12)21-16)13-5-3-4-6-17(13)25/h2-8,14,25H,1,9-11H2,(H,21,23). The van der Waals surface area contributed by atoms with Crippen LogP contribution in [0.15, 0.2) is 49.1 Å². The number of amides is 1. The van der Waals surface area contributed by atoms with E-state index in [2.05, 4.69) is 27.8 Å². The number of phenols is 1. The molecule has 1 aromatic carbocycles. The largest absolute Gasteiger partial charge is 0.507 e. The minimum absolute atomic E-state index is 0.0651. The average Bonchev–Trinajstić information content (AvgIpc) is 3.02. The highest BCUT2D eigenvalue weighted by atomic mass is 16.5. The summed E-state index contributed by atoms with van der Waals surface area (Å²) in [6.45, 7) is 5.30. The predicted molar refractivity (Wildman–Crippen MR) is 99.2 cm³/mol. The van der Waals surface area contributed by atoms with Gasteiger partial charge in [-0.25, -0.2) is 0 Å². The van der Waals surface area contributed by atoms with Crippen molar-refractivity contribution in [2.45, 2.75) is 11.5 Å². The highest BCUT2D eigenvalue weighted by Crippen LogP contribution is 2.47. The Balaban J connectivity index is 1.44. The molecule has 1 atom stereocenters. The number of nitrogens with zero attached hydrogens (tertiary/aromatic N) is 3. The minimum Gasteiger partial charge on any atom is -0.507 e. The lowest BCUT2D eigenvalue weighted by Gasteiger charge is -2.59. The molecule has 0 saturated carbocycles. The lowest BCUT2D eigenvalue weighted by atomic mass is 9.74. The zero-order valence-corrected chi connectivity index (χ0v) is 14.6. The molecule has 1 amide bonds. The van der Waals surface area contributed by atoms with Crippen LogP contribution in [0.1, 0.15) is 11.6 Å². The van der Waals surface area contributed by atoms with E-state index in [9.17, 15) is 9.90 Å². The molecule has 1 spiro atoms. The maximum Gasteiger partial charge on any atom is 0.246 e. The van der Waals surface area contributed by atoms with E-state index < -0.39 is 0 Å². The molecule has 2 aliphatic heterocycles. The van der Waals surface area contributed by atoms with Gasteiger partial charge in [0.05, 0.1) is 31.3 Å². The van der Waals surface area contributed by atoms with Crippen LogP contribution in [-0.4, -0.2) is 56.4 Å². The molecule has 27 heavy (non-hydrogen) atoms.